The van der Waals surface area contributed by atoms with Gasteiger partial charge in [-0.15, -0.1) is 0 Å². The third-order valence-electron chi connectivity index (χ3n) is 6.63. The molecule has 5 nitrogen and oxygen atoms in total. The number of pyridine rings is 1. The Balaban J connectivity index is 0.000000750. The van der Waals surface area contributed by atoms with E-state index in [1.54, 1.807) is 6.20 Å². The summed E-state index contributed by atoms with van der Waals surface area (Å²) >= 11 is 5.94. The van der Waals surface area contributed by atoms with Gasteiger partial charge >= 0.3 is 0 Å². The second kappa shape index (κ2) is 17.1. The quantitative estimate of drug-likeness (QED) is 0.293. The average molecular weight is 547 g/mol. The molecule has 0 amide bonds. The normalized spacial score (nSPS) is 16.0. The second-order valence-electron chi connectivity index (χ2n) is 8.95. The highest BCUT2D eigenvalue weighted by atomic mass is 35.5. The first-order chi connectivity index (χ1) is 18.2. The lowest BCUT2D eigenvalue weighted by molar-refractivity contribution is 0.170. The summed E-state index contributed by atoms with van der Waals surface area (Å²) in [5, 5.41) is 7.68. The van der Waals surface area contributed by atoms with Crippen LogP contribution in [0.4, 0.5) is 0 Å². The first-order valence-corrected chi connectivity index (χ1v) is 15.8. The molecule has 0 bridgehead atoms. The fourth-order valence-electron chi connectivity index (χ4n) is 4.58. The maximum atomic E-state index is 6.09. The molecular formula is C30H48ClN4OP. The Morgan fingerprint density at radius 3 is 2.30 bits per heavy atom. The summed E-state index contributed by atoms with van der Waals surface area (Å²) in [4.78, 5) is 6.92. The van der Waals surface area contributed by atoms with Gasteiger partial charge in [0.2, 0.25) is 0 Å². The molecule has 37 heavy (non-hydrogen) atoms. The van der Waals surface area contributed by atoms with Gasteiger partial charge in [-0.1, -0.05) is 72.9 Å². The largest absolute Gasteiger partial charge is 0.356 e. The van der Waals surface area contributed by atoms with E-state index in [1.807, 2.05) is 53.7 Å². The minimum atomic E-state index is 0.530. The third-order valence-corrected chi connectivity index (χ3v) is 8.62. The van der Waals surface area contributed by atoms with E-state index in [4.69, 9.17) is 21.9 Å². The van der Waals surface area contributed by atoms with E-state index in [9.17, 15) is 0 Å². The Hall–Kier alpha value is -1.52. The molecule has 5 rings (SSSR count). The summed E-state index contributed by atoms with van der Waals surface area (Å²) in [5.74, 6) is 0.741. The number of nitrogens with two attached hydrogens (primary N) is 1. The highest BCUT2D eigenvalue weighted by Gasteiger charge is 2.25. The van der Waals surface area contributed by atoms with Crippen molar-refractivity contribution < 1.29 is 4.52 Å². The van der Waals surface area contributed by atoms with Gasteiger partial charge in [-0.05, 0) is 86.7 Å². The van der Waals surface area contributed by atoms with Crippen molar-refractivity contribution in [3.05, 3.63) is 52.4 Å². The van der Waals surface area contributed by atoms with Crippen molar-refractivity contribution in [2.24, 2.45) is 11.7 Å². The molecular weight excluding hydrogens is 499 g/mol. The molecule has 1 saturated carbocycles. The number of aryl methyl sites for hydroxylation is 1. The number of hydrogen-bond donors (Lipinski definition) is 1. The average Bonchev–Trinajstić information content (AvgIpc) is 3.69. The van der Waals surface area contributed by atoms with Crippen molar-refractivity contribution in [2.75, 3.05) is 13.1 Å². The molecule has 0 radical (unpaired) electrons. The van der Waals surface area contributed by atoms with Crippen LogP contribution in [0.2, 0.25) is 5.02 Å². The smallest absolute Gasteiger partial charge is 0.172 e. The predicted octanol–water partition coefficient (Wildman–Crippen LogP) is 7.72. The topological polar surface area (TPSA) is 68.2 Å². The molecule has 1 aliphatic heterocycles. The number of hydrogen-bond acceptors (Lipinski definition) is 5. The summed E-state index contributed by atoms with van der Waals surface area (Å²) in [6.07, 6.45) is 9.04. The molecule has 206 valence electrons. The molecule has 0 spiro atoms. The van der Waals surface area contributed by atoms with Gasteiger partial charge in [-0.3, -0.25) is 9.88 Å². The molecule has 3 aromatic rings. The molecule has 1 aromatic carbocycles. The number of rotatable bonds is 8. The van der Waals surface area contributed by atoms with Crippen molar-refractivity contribution in [3.8, 4) is 0 Å². The zero-order valence-electron chi connectivity index (χ0n) is 23.8. The van der Waals surface area contributed by atoms with Crippen molar-refractivity contribution >= 4 is 36.5 Å². The fourth-order valence-corrected chi connectivity index (χ4v) is 6.15. The SMILES string of the molecule is CC.CC.CC.NCc1c(PC2CC2)ccc2c(CCC3CCN(Cc4ccc(Cl)cn4)CC3)noc12. The Kier molecular flexibility index (Phi) is 14.7. The molecule has 2 N–H and O–H groups in total. The van der Waals surface area contributed by atoms with E-state index >= 15 is 0 Å². The van der Waals surface area contributed by atoms with Gasteiger partial charge in [0.1, 0.15) is 0 Å². The minimum Gasteiger partial charge on any atom is -0.356 e. The highest BCUT2D eigenvalue weighted by Crippen LogP contribution is 2.40. The Labute approximate surface area is 231 Å². The summed E-state index contributed by atoms with van der Waals surface area (Å²) < 4.78 is 5.80. The lowest BCUT2D eigenvalue weighted by atomic mass is 9.91. The molecule has 1 atom stereocenters. The van der Waals surface area contributed by atoms with Crippen LogP contribution in [0.5, 0.6) is 0 Å². The second-order valence-corrected chi connectivity index (χ2v) is 11.0. The third kappa shape index (κ3) is 9.32. The van der Waals surface area contributed by atoms with Gasteiger partial charge in [-0.25, -0.2) is 0 Å². The Morgan fingerprint density at radius 2 is 1.70 bits per heavy atom. The molecule has 1 unspecified atom stereocenters. The molecule has 2 fully saturated rings. The first-order valence-electron chi connectivity index (χ1n) is 14.4. The lowest BCUT2D eigenvalue weighted by Gasteiger charge is -2.31. The fraction of sp³-hybridized carbons (Fsp3) is 0.600. The number of aromatic nitrogens is 2. The number of fused-ring (bicyclic) bond motifs is 1. The maximum Gasteiger partial charge on any atom is 0.172 e. The van der Waals surface area contributed by atoms with Crippen LogP contribution >= 0.6 is 20.2 Å². The predicted molar refractivity (Wildman–Crippen MR) is 162 cm³/mol. The van der Waals surface area contributed by atoms with Crippen molar-refractivity contribution in [1.82, 2.24) is 15.0 Å². The van der Waals surface area contributed by atoms with Gasteiger partial charge in [0.15, 0.2) is 5.58 Å². The molecule has 2 aromatic heterocycles. The molecule has 1 aliphatic carbocycles. The van der Waals surface area contributed by atoms with Crippen LogP contribution in [0, 0.1) is 5.92 Å². The zero-order chi connectivity index (χ0) is 27.2. The van der Waals surface area contributed by atoms with Crippen LogP contribution < -0.4 is 11.0 Å². The van der Waals surface area contributed by atoms with E-state index in [0.29, 0.717) is 11.6 Å². The summed E-state index contributed by atoms with van der Waals surface area (Å²) in [6.45, 7) is 15.7. The van der Waals surface area contributed by atoms with Gasteiger partial charge in [0.25, 0.3) is 0 Å². The monoisotopic (exact) mass is 546 g/mol. The van der Waals surface area contributed by atoms with Crippen LogP contribution in [-0.4, -0.2) is 33.8 Å². The van der Waals surface area contributed by atoms with E-state index in [0.717, 1.165) is 75.0 Å². The molecule has 3 heterocycles. The van der Waals surface area contributed by atoms with Crippen LogP contribution in [0.3, 0.4) is 0 Å². The Morgan fingerprint density at radius 1 is 1.00 bits per heavy atom. The van der Waals surface area contributed by atoms with Crippen LogP contribution in [0.15, 0.2) is 35.0 Å². The molecule has 7 heteroatoms. The molecule has 1 saturated heterocycles. The summed E-state index contributed by atoms with van der Waals surface area (Å²) in [7, 11) is 0.857. The van der Waals surface area contributed by atoms with Gasteiger partial charge in [0, 0.05) is 30.2 Å². The highest BCUT2D eigenvalue weighted by molar-refractivity contribution is 7.48. The van der Waals surface area contributed by atoms with Crippen molar-refractivity contribution in [1.29, 1.82) is 0 Å². The number of piperidine rings is 1. The summed E-state index contributed by atoms with van der Waals surface area (Å²) in [5.41, 5.74) is 11.2. The number of benzene rings is 1. The van der Waals surface area contributed by atoms with Crippen LogP contribution in [0.1, 0.15) is 90.6 Å². The van der Waals surface area contributed by atoms with E-state index < -0.39 is 0 Å². The van der Waals surface area contributed by atoms with Crippen LogP contribution in [0.25, 0.3) is 11.0 Å². The standard InChI is InChI=1S/C24H30ClN4OP.3C2H6/c25-17-2-3-18(27-14-17)15-29-11-9-16(10-12-29)1-7-22-20-6-8-23(31-19-4-5-19)21(13-26)24(20)30-28-22;3*1-2/h2-3,6,8,14,16,19,31H,1,4-5,7,9-13,15,26H2;3*1-2H3. The van der Waals surface area contributed by atoms with E-state index in [-0.39, 0.29) is 0 Å². The number of likely N-dealkylation sites (tertiary alicyclic amines) is 1. The van der Waals surface area contributed by atoms with Gasteiger partial charge in [0.05, 0.1) is 16.4 Å². The van der Waals surface area contributed by atoms with Crippen molar-refractivity contribution in [2.45, 2.75) is 98.8 Å². The van der Waals surface area contributed by atoms with Crippen molar-refractivity contribution in [3.63, 3.8) is 0 Å². The lowest BCUT2D eigenvalue weighted by Crippen LogP contribution is -2.33. The van der Waals surface area contributed by atoms with E-state index in [1.165, 1.54) is 36.6 Å². The van der Waals surface area contributed by atoms with Gasteiger partial charge < -0.3 is 10.3 Å². The minimum absolute atomic E-state index is 0.530. The first kappa shape index (κ1) is 31.7. The van der Waals surface area contributed by atoms with Gasteiger partial charge in [-0.2, -0.15) is 0 Å². The zero-order valence-corrected chi connectivity index (χ0v) is 25.6. The van der Waals surface area contributed by atoms with E-state index in [2.05, 4.69) is 27.2 Å². The maximum absolute atomic E-state index is 6.09. The number of nitrogens with zero attached hydrogens (tertiary/aromatic N) is 3. The van der Waals surface area contributed by atoms with Crippen LogP contribution in [-0.2, 0) is 19.5 Å². The molecule has 2 aliphatic rings. The number of halogens is 1. The Bertz CT molecular complexity index is 1030. The summed E-state index contributed by atoms with van der Waals surface area (Å²) in [6, 6.07) is 8.43.